The van der Waals surface area contributed by atoms with Gasteiger partial charge in [-0.1, -0.05) is 32.1 Å². The fourth-order valence-electron chi connectivity index (χ4n) is 2.61. The Balaban J connectivity index is 1.79. The van der Waals surface area contributed by atoms with Crippen molar-refractivity contribution in [2.24, 2.45) is 5.92 Å². The van der Waals surface area contributed by atoms with E-state index in [1.807, 2.05) is 6.07 Å². The molecule has 3 heteroatoms. The molecule has 0 aliphatic heterocycles. The minimum absolute atomic E-state index is 0.104. The van der Waals surface area contributed by atoms with E-state index >= 15 is 0 Å². The van der Waals surface area contributed by atoms with Gasteiger partial charge in [0.05, 0.1) is 5.56 Å². The van der Waals surface area contributed by atoms with E-state index < -0.39 is 5.82 Å². The summed E-state index contributed by atoms with van der Waals surface area (Å²) in [6.45, 7) is 0.885. The second kappa shape index (κ2) is 6.39. The molecule has 0 heterocycles. The minimum atomic E-state index is -0.444. The third-order valence-corrected chi connectivity index (χ3v) is 3.70. The second-order valence-electron chi connectivity index (χ2n) is 5.03. The Morgan fingerprint density at radius 3 is 2.72 bits per heavy atom. The molecule has 0 saturated heterocycles. The van der Waals surface area contributed by atoms with E-state index in [0.29, 0.717) is 0 Å². The number of nitrogens with one attached hydrogen (secondary N) is 1. The van der Waals surface area contributed by atoms with Crippen molar-refractivity contribution >= 4 is 5.69 Å². The van der Waals surface area contributed by atoms with E-state index in [9.17, 15) is 4.39 Å². The summed E-state index contributed by atoms with van der Waals surface area (Å²) < 4.78 is 13.4. The van der Waals surface area contributed by atoms with Gasteiger partial charge in [-0.05, 0) is 30.5 Å². The van der Waals surface area contributed by atoms with Crippen LogP contribution in [0.4, 0.5) is 10.1 Å². The molecule has 18 heavy (non-hydrogen) atoms. The van der Waals surface area contributed by atoms with Gasteiger partial charge in [0.25, 0.3) is 0 Å². The van der Waals surface area contributed by atoms with Crippen LogP contribution in [0.5, 0.6) is 0 Å². The summed E-state index contributed by atoms with van der Waals surface area (Å²) >= 11 is 0. The largest absolute Gasteiger partial charge is 0.385 e. The second-order valence-corrected chi connectivity index (χ2v) is 5.03. The number of halogens is 1. The highest BCUT2D eigenvalue weighted by molar-refractivity contribution is 5.48. The average Bonchev–Trinajstić information content (AvgIpc) is 2.40. The van der Waals surface area contributed by atoms with Crippen LogP contribution < -0.4 is 5.32 Å². The lowest BCUT2D eigenvalue weighted by Crippen LogP contribution is -2.12. The molecule has 0 bridgehead atoms. The van der Waals surface area contributed by atoms with E-state index in [0.717, 1.165) is 24.6 Å². The Morgan fingerprint density at radius 2 is 2.06 bits per heavy atom. The molecule has 1 aromatic carbocycles. The van der Waals surface area contributed by atoms with Crippen LogP contribution in [0.3, 0.4) is 0 Å². The Labute approximate surface area is 108 Å². The van der Waals surface area contributed by atoms with Crippen LogP contribution in [0.15, 0.2) is 18.2 Å². The van der Waals surface area contributed by atoms with Crippen molar-refractivity contribution in [1.29, 1.82) is 5.26 Å². The van der Waals surface area contributed by atoms with Crippen LogP contribution in [0.2, 0.25) is 0 Å². The van der Waals surface area contributed by atoms with Crippen LogP contribution in [0.1, 0.15) is 44.1 Å². The van der Waals surface area contributed by atoms with E-state index in [1.165, 1.54) is 44.2 Å². The van der Waals surface area contributed by atoms with Gasteiger partial charge in [0.1, 0.15) is 11.9 Å². The average molecular weight is 246 g/mol. The fraction of sp³-hybridized carbons (Fsp3) is 0.533. The number of hydrogen-bond donors (Lipinski definition) is 1. The van der Waals surface area contributed by atoms with Crippen molar-refractivity contribution in [3.8, 4) is 6.07 Å². The SMILES string of the molecule is N#Cc1ccc(NCCC2CCCCC2)cc1F. The zero-order valence-electron chi connectivity index (χ0n) is 10.6. The molecular weight excluding hydrogens is 227 g/mol. The molecule has 0 amide bonds. The lowest BCUT2D eigenvalue weighted by molar-refractivity contribution is 0.345. The Hall–Kier alpha value is -1.56. The van der Waals surface area contributed by atoms with Gasteiger partial charge in [-0.2, -0.15) is 5.26 Å². The fourth-order valence-corrected chi connectivity index (χ4v) is 2.61. The predicted octanol–water partition coefficient (Wildman–Crippen LogP) is 4.08. The summed E-state index contributed by atoms with van der Waals surface area (Å²) in [6.07, 6.45) is 7.92. The van der Waals surface area contributed by atoms with Gasteiger partial charge in [-0.25, -0.2) is 4.39 Å². The van der Waals surface area contributed by atoms with Crippen molar-refractivity contribution in [3.63, 3.8) is 0 Å². The molecule has 0 aromatic heterocycles. The first-order chi connectivity index (χ1) is 8.79. The van der Waals surface area contributed by atoms with Crippen LogP contribution in [-0.2, 0) is 0 Å². The van der Waals surface area contributed by atoms with Crippen LogP contribution in [-0.4, -0.2) is 6.54 Å². The van der Waals surface area contributed by atoms with Crippen molar-refractivity contribution < 1.29 is 4.39 Å². The molecule has 2 nitrogen and oxygen atoms in total. The normalized spacial score (nSPS) is 16.2. The maximum atomic E-state index is 13.4. The van der Waals surface area contributed by atoms with Gasteiger partial charge < -0.3 is 5.32 Å². The molecule has 0 radical (unpaired) electrons. The van der Waals surface area contributed by atoms with Gasteiger partial charge >= 0.3 is 0 Å². The lowest BCUT2D eigenvalue weighted by Gasteiger charge is -2.21. The number of nitriles is 1. The molecule has 96 valence electrons. The number of rotatable bonds is 4. The Morgan fingerprint density at radius 1 is 1.28 bits per heavy atom. The summed E-state index contributed by atoms with van der Waals surface area (Å²) in [6, 6.07) is 6.52. The van der Waals surface area contributed by atoms with Gasteiger partial charge in [0.2, 0.25) is 0 Å². The van der Waals surface area contributed by atoms with Gasteiger partial charge in [0.15, 0.2) is 0 Å². The summed E-state index contributed by atoms with van der Waals surface area (Å²) in [7, 11) is 0. The molecule has 0 atom stereocenters. The molecule has 1 N–H and O–H groups in total. The zero-order chi connectivity index (χ0) is 12.8. The van der Waals surface area contributed by atoms with Gasteiger partial charge in [-0.15, -0.1) is 0 Å². The summed E-state index contributed by atoms with van der Waals surface area (Å²) in [5, 5.41) is 11.9. The first-order valence-corrected chi connectivity index (χ1v) is 6.73. The highest BCUT2D eigenvalue weighted by Gasteiger charge is 2.12. The molecule has 1 saturated carbocycles. The molecule has 1 fully saturated rings. The standard InChI is InChI=1S/C15H19FN2/c16-15-10-14(7-6-13(15)11-17)18-9-8-12-4-2-1-3-5-12/h6-7,10,12,18H,1-5,8-9H2. The molecule has 0 unspecified atom stereocenters. The van der Waals surface area contributed by atoms with E-state index in [1.54, 1.807) is 6.07 Å². The first-order valence-electron chi connectivity index (χ1n) is 6.73. The van der Waals surface area contributed by atoms with Gasteiger partial charge in [0, 0.05) is 12.2 Å². The van der Waals surface area contributed by atoms with Crippen molar-refractivity contribution in [1.82, 2.24) is 0 Å². The number of nitrogens with zero attached hydrogens (tertiary/aromatic N) is 1. The monoisotopic (exact) mass is 246 g/mol. The highest BCUT2D eigenvalue weighted by Crippen LogP contribution is 2.26. The Kier molecular flexibility index (Phi) is 4.58. The molecule has 1 aliphatic rings. The summed E-state index contributed by atoms with van der Waals surface area (Å²) in [5.74, 6) is 0.384. The van der Waals surface area contributed by atoms with E-state index in [2.05, 4.69) is 5.32 Å². The van der Waals surface area contributed by atoms with Crippen molar-refractivity contribution in [2.45, 2.75) is 38.5 Å². The number of anilines is 1. The smallest absolute Gasteiger partial charge is 0.143 e. The van der Waals surface area contributed by atoms with Crippen LogP contribution >= 0.6 is 0 Å². The Bertz CT molecular complexity index is 431. The maximum Gasteiger partial charge on any atom is 0.143 e. The van der Waals surface area contributed by atoms with Crippen molar-refractivity contribution in [3.05, 3.63) is 29.6 Å². The van der Waals surface area contributed by atoms with Crippen LogP contribution in [0, 0.1) is 23.1 Å². The summed E-state index contributed by atoms with van der Waals surface area (Å²) in [4.78, 5) is 0. The van der Waals surface area contributed by atoms with E-state index in [4.69, 9.17) is 5.26 Å². The minimum Gasteiger partial charge on any atom is -0.385 e. The quantitative estimate of drug-likeness (QED) is 0.868. The van der Waals surface area contributed by atoms with E-state index in [-0.39, 0.29) is 5.56 Å². The third kappa shape index (κ3) is 3.46. The van der Waals surface area contributed by atoms with Crippen molar-refractivity contribution in [2.75, 3.05) is 11.9 Å². The molecule has 0 spiro atoms. The molecule has 1 aromatic rings. The highest BCUT2D eigenvalue weighted by atomic mass is 19.1. The topological polar surface area (TPSA) is 35.8 Å². The molecule has 1 aliphatic carbocycles. The molecule has 2 rings (SSSR count). The number of benzene rings is 1. The maximum absolute atomic E-state index is 13.4. The first kappa shape index (κ1) is 12.9. The number of hydrogen-bond acceptors (Lipinski definition) is 2. The lowest BCUT2D eigenvalue weighted by atomic mass is 9.87. The predicted molar refractivity (Wildman–Crippen MR) is 70.8 cm³/mol. The zero-order valence-corrected chi connectivity index (χ0v) is 10.6. The third-order valence-electron chi connectivity index (χ3n) is 3.70. The van der Waals surface area contributed by atoms with Gasteiger partial charge in [-0.3, -0.25) is 0 Å². The summed E-state index contributed by atoms with van der Waals surface area (Å²) in [5.41, 5.74) is 0.870. The van der Waals surface area contributed by atoms with Crippen LogP contribution in [0.25, 0.3) is 0 Å². The molecular formula is C15H19FN2.